The Labute approximate surface area is 200 Å². The van der Waals surface area contributed by atoms with E-state index in [1.807, 2.05) is 36.4 Å². The molecule has 33 heavy (non-hydrogen) atoms. The van der Waals surface area contributed by atoms with Crippen LogP contribution in [0.2, 0.25) is 0 Å². The van der Waals surface area contributed by atoms with E-state index in [4.69, 9.17) is 0 Å². The topological polar surface area (TPSA) is 34.1 Å². The van der Waals surface area contributed by atoms with Crippen LogP contribution in [0.25, 0.3) is 0 Å². The molecule has 0 amide bonds. The number of benzene rings is 2. The number of rotatable bonds is 11. The highest BCUT2D eigenvalue weighted by Crippen LogP contribution is 2.30. The van der Waals surface area contributed by atoms with Crippen LogP contribution < -0.4 is 0 Å². The van der Waals surface area contributed by atoms with Crippen LogP contribution in [-0.2, 0) is 12.8 Å². The van der Waals surface area contributed by atoms with Crippen molar-refractivity contribution in [3.8, 4) is 0 Å². The summed E-state index contributed by atoms with van der Waals surface area (Å²) in [5.74, 6) is 1.49. The third-order valence-corrected chi connectivity index (χ3v) is 6.77. The minimum atomic E-state index is -0.0271. The van der Waals surface area contributed by atoms with Crippen molar-refractivity contribution < 1.29 is 9.59 Å². The van der Waals surface area contributed by atoms with Gasteiger partial charge in [0.2, 0.25) is 0 Å². The van der Waals surface area contributed by atoms with E-state index in [1.54, 1.807) is 0 Å². The SMILES string of the molecule is CC(C)=CCCc1ccc2c(c1)C(=O)c1cc(CCCC(C)CCCC(C)C)ccc1C2=O. The van der Waals surface area contributed by atoms with Crippen molar-refractivity contribution in [2.75, 3.05) is 0 Å². The molecule has 0 aromatic heterocycles. The molecule has 0 aliphatic heterocycles. The van der Waals surface area contributed by atoms with Crippen molar-refractivity contribution in [2.24, 2.45) is 11.8 Å². The fraction of sp³-hybridized carbons (Fsp3) is 0.484. The molecule has 176 valence electrons. The largest absolute Gasteiger partial charge is 0.289 e. The number of hydrogen-bond donors (Lipinski definition) is 0. The lowest BCUT2D eigenvalue weighted by Crippen LogP contribution is -2.21. The Morgan fingerprint density at radius 2 is 1.27 bits per heavy atom. The second kappa shape index (κ2) is 11.6. The Morgan fingerprint density at radius 1 is 0.727 bits per heavy atom. The van der Waals surface area contributed by atoms with Crippen LogP contribution in [0, 0.1) is 11.8 Å². The number of ketones is 2. The van der Waals surface area contributed by atoms with E-state index in [1.165, 1.54) is 31.3 Å². The third-order valence-electron chi connectivity index (χ3n) is 6.77. The van der Waals surface area contributed by atoms with Crippen molar-refractivity contribution in [1.82, 2.24) is 0 Å². The first-order chi connectivity index (χ1) is 15.8. The molecule has 0 saturated heterocycles. The summed E-state index contributed by atoms with van der Waals surface area (Å²) >= 11 is 0. The van der Waals surface area contributed by atoms with Gasteiger partial charge in [0.05, 0.1) is 0 Å². The Bertz CT molecular complexity index is 1020. The molecule has 1 atom stereocenters. The number of allylic oxidation sites excluding steroid dienone is 2. The third kappa shape index (κ3) is 6.76. The molecule has 0 spiro atoms. The smallest absolute Gasteiger partial charge is 0.194 e. The average Bonchev–Trinajstić information content (AvgIpc) is 2.77. The molecule has 1 aliphatic carbocycles. The van der Waals surface area contributed by atoms with Gasteiger partial charge >= 0.3 is 0 Å². The van der Waals surface area contributed by atoms with Gasteiger partial charge in [-0.25, -0.2) is 0 Å². The van der Waals surface area contributed by atoms with Gasteiger partial charge < -0.3 is 0 Å². The van der Waals surface area contributed by atoms with Gasteiger partial charge in [0.15, 0.2) is 11.6 Å². The fourth-order valence-corrected chi connectivity index (χ4v) is 4.76. The van der Waals surface area contributed by atoms with E-state index in [0.29, 0.717) is 22.3 Å². The first-order valence-corrected chi connectivity index (χ1v) is 12.7. The number of carbonyl (C=O) groups excluding carboxylic acids is 2. The van der Waals surface area contributed by atoms with Crippen molar-refractivity contribution in [3.05, 3.63) is 81.4 Å². The molecule has 0 N–H and O–H groups in total. The first kappa shape index (κ1) is 25.1. The maximum Gasteiger partial charge on any atom is 0.194 e. The summed E-state index contributed by atoms with van der Waals surface area (Å²) in [6, 6.07) is 11.6. The van der Waals surface area contributed by atoms with Gasteiger partial charge in [0.1, 0.15) is 0 Å². The van der Waals surface area contributed by atoms with Crippen LogP contribution >= 0.6 is 0 Å². The summed E-state index contributed by atoms with van der Waals surface area (Å²) in [6.45, 7) is 11.1. The summed E-state index contributed by atoms with van der Waals surface area (Å²) in [5.41, 5.74) is 5.81. The molecule has 2 nitrogen and oxygen atoms in total. The summed E-state index contributed by atoms with van der Waals surface area (Å²) in [6.07, 6.45) is 11.2. The number of fused-ring (bicyclic) bond motifs is 2. The Hall–Kier alpha value is -2.48. The summed E-state index contributed by atoms with van der Waals surface area (Å²) < 4.78 is 0. The summed E-state index contributed by atoms with van der Waals surface area (Å²) in [7, 11) is 0. The lowest BCUT2D eigenvalue weighted by molar-refractivity contribution is 0.0979. The normalized spacial score (nSPS) is 13.6. The quantitative estimate of drug-likeness (QED) is 0.280. The molecular formula is C31H40O2. The zero-order valence-corrected chi connectivity index (χ0v) is 21.2. The van der Waals surface area contributed by atoms with E-state index in [9.17, 15) is 9.59 Å². The number of carbonyl (C=O) groups is 2. The molecule has 0 radical (unpaired) electrons. The standard InChI is InChI=1S/C31H40O2/c1-21(2)9-6-11-23(5)12-8-14-25-16-18-27-29(20-25)31(33)28-19-24(13-7-10-22(3)4)15-17-26(28)30(27)32/h10,15-21,23H,6-9,11-14H2,1-5H3. The van der Waals surface area contributed by atoms with E-state index < -0.39 is 0 Å². The van der Waals surface area contributed by atoms with Crippen molar-refractivity contribution in [1.29, 1.82) is 0 Å². The molecule has 0 saturated carbocycles. The zero-order chi connectivity index (χ0) is 24.0. The lowest BCUT2D eigenvalue weighted by Gasteiger charge is -2.19. The van der Waals surface area contributed by atoms with Crippen LogP contribution in [0.5, 0.6) is 0 Å². The molecule has 1 aliphatic rings. The monoisotopic (exact) mass is 444 g/mol. The summed E-state index contributed by atoms with van der Waals surface area (Å²) in [5, 5.41) is 0. The highest BCUT2D eigenvalue weighted by molar-refractivity contribution is 6.28. The van der Waals surface area contributed by atoms with Gasteiger partial charge in [0, 0.05) is 22.3 Å². The molecule has 2 aromatic carbocycles. The molecule has 0 heterocycles. The molecule has 2 aromatic rings. The maximum absolute atomic E-state index is 13.3. The van der Waals surface area contributed by atoms with Gasteiger partial charge in [-0.2, -0.15) is 0 Å². The van der Waals surface area contributed by atoms with E-state index in [0.717, 1.165) is 48.6 Å². The number of hydrogen-bond acceptors (Lipinski definition) is 2. The van der Waals surface area contributed by atoms with Crippen molar-refractivity contribution >= 4 is 11.6 Å². The maximum atomic E-state index is 13.3. The average molecular weight is 445 g/mol. The van der Waals surface area contributed by atoms with Crippen LogP contribution in [0.4, 0.5) is 0 Å². The Kier molecular flexibility index (Phi) is 8.83. The van der Waals surface area contributed by atoms with Gasteiger partial charge in [0.25, 0.3) is 0 Å². The van der Waals surface area contributed by atoms with Crippen LogP contribution in [0.3, 0.4) is 0 Å². The molecule has 0 fully saturated rings. The van der Waals surface area contributed by atoms with Crippen molar-refractivity contribution in [3.63, 3.8) is 0 Å². The first-order valence-electron chi connectivity index (χ1n) is 12.7. The second-order valence-electron chi connectivity index (χ2n) is 10.6. The Morgan fingerprint density at radius 3 is 1.85 bits per heavy atom. The van der Waals surface area contributed by atoms with Crippen molar-refractivity contribution in [2.45, 2.75) is 86.0 Å². The van der Waals surface area contributed by atoms with Crippen LogP contribution in [-0.4, -0.2) is 11.6 Å². The van der Waals surface area contributed by atoms with Gasteiger partial charge in [-0.1, -0.05) is 82.4 Å². The molecule has 2 heteroatoms. The van der Waals surface area contributed by atoms with E-state index in [2.05, 4.69) is 40.7 Å². The molecule has 1 unspecified atom stereocenters. The van der Waals surface area contributed by atoms with Crippen LogP contribution in [0.15, 0.2) is 48.0 Å². The molecular weight excluding hydrogens is 404 g/mol. The minimum Gasteiger partial charge on any atom is -0.289 e. The van der Waals surface area contributed by atoms with Gasteiger partial charge in [-0.3, -0.25) is 9.59 Å². The van der Waals surface area contributed by atoms with E-state index >= 15 is 0 Å². The second-order valence-corrected chi connectivity index (χ2v) is 10.6. The number of aryl methyl sites for hydroxylation is 2. The fourth-order valence-electron chi connectivity index (χ4n) is 4.76. The lowest BCUT2D eigenvalue weighted by atomic mass is 9.82. The summed E-state index contributed by atoms with van der Waals surface area (Å²) in [4.78, 5) is 26.4. The predicted molar refractivity (Wildman–Crippen MR) is 138 cm³/mol. The van der Waals surface area contributed by atoms with Gasteiger partial charge in [-0.15, -0.1) is 0 Å². The van der Waals surface area contributed by atoms with E-state index in [-0.39, 0.29) is 11.6 Å². The minimum absolute atomic E-state index is 0.00688. The van der Waals surface area contributed by atoms with Crippen LogP contribution in [0.1, 0.15) is 116 Å². The zero-order valence-electron chi connectivity index (χ0n) is 21.2. The Balaban J connectivity index is 1.67. The molecule has 0 bridgehead atoms. The highest BCUT2D eigenvalue weighted by Gasteiger charge is 2.29. The molecule has 3 rings (SSSR count). The highest BCUT2D eigenvalue weighted by atomic mass is 16.1. The van der Waals surface area contributed by atoms with Gasteiger partial charge in [-0.05, 0) is 74.6 Å². The predicted octanol–water partition coefficient (Wildman–Crippen LogP) is 8.15.